The van der Waals surface area contributed by atoms with Crippen molar-refractivity contribution in [3.63, 3.8) is 0 Å². The summed E-state index contributed by atoms with van der Waals surface area (Å²) in [6.07, 6.45) is 3.43. The van der Waals surface area contributed by atoms with Crippen LogP contribution in [0.25, 0.3) is 0 Å². The van der Waals surface area contributed by atoms with Crippen LogP contribution in [0.4, 0.5) is 0 Å². The van der Waals surface area contributed by atoms with Crippen molar-refractivity contribution in [3.8, 4) is 0 Å². The Kier molecular flexibility index (Phi) is 4.99. The van der Waals surface area contributed by atoms with Gasteiger partial charge in [0.05, 0.1) is 17.8 Å². The van der Waals surface area contributed by atoms with Gasteiger partial charge in [0, 0.05) is 12.6 Å². The van der Waals surface area contributed by atoms with Crippen molar-refractivity contribution >= 4 is 0 Å². The summed E-state index contributed by atoms with van der Waals surface area (Å²) in [5, 5.41) is 9.21. The lowest BCUT2D eigenvalue weighted by molar-refractivity contribution is -0.0813. The van der Waals surface area contributed by atoms with Crippen LogP contribution in [0, 0.1) is 0 Å². The Morgan fingerprint density at radius 3 is 2.29 bits per heavy atom. The quantitative estimate of drug-likeness (QED) is 0.777. The van der Waals surface area contributed by atoms with Crippen LogP contribution in [0.3, 0.4) is 0 Å². The fourth-order valence-electron chi connectivity index (χ4n) is 3.02. The molecule has 0 bridgehead atoms. The van der Waals surface area contributed by atoms with Crippen molar-refractivity contribution in [1.82, 2.24) is 4.90 Å². The standard InChI is InChI=1S/C14H29NO2/c1-6-7-8-15(9-10-16)12-11-13(2,3)17-14(12,4)5/h12,16H,6-11H2,1-5H3. The number of nitrogens with zero attached hydrogens (tertiary/aromatic N) is 1. The van der Waals surface area contributed by atoms with Gasteiger partial charge in [0.25, 0.3) is 0 Å². The summed E-state index contributed by atoms with van der Waals surface area (Å²) in [4.78, 5) is 2.40. The lowest BCUT2D eigenvalue weighted by Crippen LogP contribution is -2.48. The van der Waals surface area contributed by atoms with Crippen LogP contribution in [0.2, 0.25) is 0 Å². The zero-order valence-electron chi connectivity index (χ0n) is 12.1. The Morgan fingerprint density at radius 1 is 1.24 bits per heavy atom. The Morgan fingerprint density at radius 2 is 1.88 bits per heavy atom. The zero-order valence-corrected chi connectivity index (χ0v) is 12.1. The van der Waals surface area contributed by atoms with E-state index in [1.807, 2.05) is 0 Å². The van der Waals surface area contributed by atoms with Crippen LogP contribution in [0.1, 0.15) is 53.9 Å². The second-order valence-corrected chi connectivity index (χ2v) is 6.30. The molecule has 1 unspecified atom stereocenters. The van der Waals surface area contributed by atoms with E-state index in [2.05, 4.69) is 39.5 Å². The van der Waals surface area contributed by atoms with Crippen molar-refractivity contribution in [2.45, 2.75) is 71.1 Å². The molecule has 1 rings (SSSR count). The van der Waals surface area contributed by atoms with E-state index in [0.717, 1.165) is 19.5 Å². The molecule has 0 spiro atoms. The molecule has 1 saturated heterocycles. The summed E-state index contributed by atoms with van der Waals surface area (Å²) < 4.78 is 6.13. The van der Waals surface area contributed by atoms with Crippen LogP contribution in [-0.2, 0) is 4.74 Å². The second kappa shape index (κ2) is 5.68. The van der Waals surface area contributed by atoms with E-state index < -0.39 is 0 Å². The monoisotopic (exact) mass is 243 g/mol. The fourth-order valence-corrected chi connectivity index (χ4v) is 3.02. The van der Waals surface area contributed by atoms with E-state index >= 15 is 0 Å². The molecule has 0 saturated carbocycles. The fraction of sp³-hybridized carbons (Fsp3) is 1.00. The molecule has 0 aromatic carbocycles. The Balaban J connectivity index is 2.72. The molecule has 3 nitrogen and oxygen atoms in total. The molecule has 1 atom stereocenters. The third-order valence-electron chi connectivity index (χ3n) is 3.65. The van der Waals surface area contributed by atoms with Crippen molar-refractivity contribution in [3.05, 3.63) is 0 Å². The first-order chi connectivity index (χ1) is 7.82. The van der Waals surface area contributed by atoms with Gasteiger partial charge in [-0.15, -0.1) is 0 Å². The molecule has 0 aromatic heterocycles. The van der Waals surface area contributed by atoms with E-state index in [4.69, 9.17) is 4.74 Å². The van der Waals surface area contributed by atoms with E-state index in [1.165, 1.54) is 12.8 Å². The maximum Gasteiger partial charge on any atom is 0.0789 e. The van der Waals surface area contributed by atoms with Crippen LogP contribution in [-0.4, -0.2) is 46.9 Å². The molecular weight excluding hydrogens is 214 g/mol. The van der Waals surface area contributed by atoms with Gasteiger partial charge in [-0.05, 0) is 47.1 Å². The van der Waals surface area contributed by atoms with Crippen molar-refractivity contribution < 1.29 is 9.84 Å². The molecule has 1 heterocycles. The lowest BCUT2D eigenvalue weighted by Gasteiger charge is -2.36. The maximum atomic E-state index is 9.21. The van der Waals surface area contributed by atoms with Gasteiger partial charge in [0.2, 0.25) is 0 Å². The molecule has 0 radical (unpaired) electrons. The van der Waals surface area contributed by atoms with E-state index in [1.54, 1.807) is 0 Å². The van der Waals surface area contributed by atoms with Gasteiger partial charge in [0.15, 0.2) is 0 Å². The normalized spacial score (nSPS) is 26.6. The van der Waals surface area contributed by atoms with E-state index in [0.29, 0.717) is 6.04 Å². The first-order valence-electron chi connectivity index (χ1n) is 6.87. The van der Waals surface area contributed by atoms with E-state index in [-0.39, 0.29) is 17.8 Å². The Labute approximate surface area is 106 Å². The van der Waals surface area contributed by atoms with Crippen molar-refractivity contribution in [2.24, 2.45) is 0 Å². The summed E-state index contributed by atoms with van der Waals surface area (Å²) in [5.41, 5.74) is -0.166. The van der Waals surface area contributed by atoms with Crippen LogP contribution in [0.5, 0.6) is 0 Å². The zero-order chi connectivity index (χ0) is 13.1. The molecule has 0 aliphatic carbocycles. The molecule has 1 N–H and O–H groups in total. The summed E-state index contributed by atoms with van der Waals surface area (Å²) in [6, 6.07) is 0.413. The molecule has 17 heavy (non-hydrogen) atoms. The number of aliphatic hydroxyl groups excluding tert-OH is 1. The summed E-state index contributed by atoms with van der Waals surface area (Å²) >= 11 is 0. The van der Waals surface area contributed by atoms with Crippen LogP contribution in [0.15, 0.2) is 0 Å². The SMILES string of the molecule is CCCCN(CCO)C1CC(C)(C)OC1(C)C. The second-order valence-electron chi connectivity index (χ2n) is 6.30. The highest BCUT2D eigenvalue weighted by molar-refractivity contribution is 5.00. The average Bonchev–Trinajstić information content (AvgIpc) is 2.41. The minimum atomic E-state index is -0.119. The predicted molar refractivity (Wildman–Crippen MR) is 71.2 cm³/mol. The predicted octanol–water partition coefficient (Wildman–Crippen LogP) is 2.43. The topological polar surface area (TPSA) is 32.7 Å². The first kappa shape index (κ1) is 14.9. The van der Waals surface area contributed by atoms with Gasteiger partial charge >= 0.3 is 0 Å². The smallest absolute Gasteiger partial charge is 0.0789 e. The molecule has 0 aromatic rings. The minimum absolute atomic E-state index is 0.0475. The number of rotatable bonds is 6. The number of hydrogen-bond donors (Lipinski definition) is 1. The highest BCUT2D eigenvalue weighted by Gasteiger charge is 2.47. The van der Waals surface area contributed by atoms with Gasteiger partial charge in [0.1, 0.15) is 0 Å². The minimum Gasteiger partial charge on any atom is -0.395 e. The molecule has 102 valence electrons. The molecule has 0 amide bonds. The molecule has 1 fully saturated rings. The van der Waals surface area contributed by atoms with Gasteiger partial charge in [-0.2, -0.15) is 0 Å². The highest BCUT2D eigenvalue weighted by atomic mass is 16.5. The third-order valence-corrected chi connectivity index (χ3v) is 3.65. The van der Waals surface area contributed by atoms with Crippen molar-refractivity contribution in [1.29, 1.82) is 0 Å². The van der Waals surface area contributed by atoms with E-state index in [9.17, 15) is 5.11 Å². The number of ether oxygens (including phenoxy) is 1. The summed E-state index contributed by atoms with van der Waals surface area (Å²) in [5.74, 6) is 0. The lowest BCUT2D eigenvalue weighted by atomic mass is 9.92. The Bertz CT molecular complexity index is 238. The maximum absolute atomic E-state index is 9.21. The van der Waals surface area contributed by atoms with Gasteiger partial charge < -0.3 is 9.84 Å². The molecule has 1 aliphatic rings. The van der Waals surface area contributed by atoms with Crippen LogP contribution >= 0.6 is 0 Å². The first-order valence-corrected chi connectivity index (χ1v) is 6.87. The number of aliphatic hydroxyl groups is 1. The largest absolute Gasteiger partial charge is 0.395 e. The third kappa shape index (κ3) is 3.94. The average molecular weight is 243 g/mol. The molecule has 1 aliphatic heterocycles. The number of hydrogen-bond acceptors (Lipinski definition) is 3. The summed E-state index contributed by atoms with van der Waals surface area (Å²) in [6.45, 7) is 12.9. The molecular formula is C14H29NO2. The van der Waals surface area contributed by atoms with Crippen molar-refractivity contribution in [2.75, 3.05) is 19.7 Å². The van der Waals surface area contributed by atoms with Gasteiger partial charge in [-0.3, -0.25) is 4.90 Å². The van der Waals surface area contributed by atoms with Crippen LogP contribution < -0.4 is 0 Å². The molecule has 3 heteroatoms. The van der Waals surface area contributed by atoms with Gasteiger partial charge in [-0.25, -0.2) is 0 Å². The van der Waals surface area contributed by atoms with Gasteiger partial charge in [-0.1, -0.05) is 13.3 Å². The highest BCUT2D eigenvalue weighted by Crippen LogP contribution is 2.40. The number of unbranched alkanes of at least 4 members (excludes halogenated alkanes) is 1. The Hall–Kier alpha value is -0.120. The summed E-state index contributed by atoms with van der Waals surface area (Å²) in [7, 11) is 0.